The van der Waals surface area contributed by atoms with E-state index in [1.807, 2.05) is 41.8 Å². The van der Waals surface area contributed by atoms with E-state index in [9.17, 15) is 13.2 Å². The van der Waals surface area contributed by atoms with E-state index in [1.165, 1.54) is 29.5 Å². The van der Waals surface area contributed by atoms with Crippen LogP contribution in [0.25, 0.3) is 11.0 Å². The number of aryl methyl sites for hydroxylation is 1. The van der Waals surface area contributed by atoms with Crippen LogP contribution in [0, 0.1) is 0 Å². The summed E-state index contributed by atoms with van der Waals surface area (Å²) in [7, 11) is -3.78. The minimum absolute atomic E-state index is 0.0240. The molecule has 1 heterocycles. The second kappa shape index (κ2) is 8.76. The molecule has 0 saturated carbocycles. The van der Waals surface area contributed by atoms with Crippen molar-refractivity contribution in [3.05, 3.63) is 54.1 Å². The maximum atomic E-state index is 12.1. The van der Waals surface area contributed by atoms with Gasteiger partial charge in [-0.15, -0.1) is 0 Å². The van der Waals surface area contributed by atoms with E-state index in [-0.39, 0.29) is 16.6 Å². The number of nitrogens with two attached hydrogens (primary N) is 1. The fraction of sp³-hybridized carbons (Fsp3) is 0.263. The van der Waals surface area contributed by atoms with Crippen LogP contribution in [0.2, 0.25) is 0 Å². The third-order valence-corrected chi connectivity index (χ3v) is 6.13. The number of sulfonamides is 1. The van der Waals surface area contributed by atoms with Gasteiger partial charge >= 0.3 is 0 Å². The lowest BCUT2D eigenvalue weighted by molar-refractivity contribution is -0.118. The van der Waals surface area contributed by atoms with Gasteiger partial charge in [0, 0.05) is 13.1 Å². The van der Waals surface area contributed by atoms with E-state index in [2.05, 4.69) is 10.3 Å². The Bertz CT molecular complexity index is 1080. The highest BCUT2D eigenvalue weighted by atomic mass is 32.2. The van der Waals surface area contributed by atoms with E-state index >= 15 is 0 Å². The molecular weight excluding hydrogens is 396 g/mol. The molecule has 3 aromatic rings. The van der Waals surface area contributed by atoms with Gasteiger partial charge in [-0.25, -0.2) is 18.5 Å². The van der Waals surface area contributed by atoms with Crippen molar-refractivity contribution < 1.29 is 13.2 Å². The van der Waals surface area contributed by atoms with Crippen molar-refractivity contribution in [3.8, 4) is 0 Å². The Morgan fingerprint density at radius 3 is 2.64 bits per heavy atom. The number of amides is 1. The van der Waals surface area contributed by atoms with Gasteiger partial charge in [0.1, 0.15) is 0 Å². The average Bonchev–Trinajstić information content (AvgIpc) is 3.03. The van der Waals surface area contributed by atoms with E-state index in [0.717, 1.165) is 11.9 Å². The molecule has 0 fully saturated rings. The molecule has 2 aromatic carbocycles. The third-order valence-electron chi connectivity index (χ3n) is 4.24. The van der Waals surface area contributed by atoms with E-state index in [4.69, 9.17) is 5.14 Å². The number of carbonyl (C=O) groups excluding carboxylic acids is 1. The third kappa shape index (κ3) is 4.92. The van der Waals surface area contributed by atoms with Crippen LogP contribution < -0.4 is 10.5 Å². The Morgan fingerprint density at radius 2 is 1.96 bits per heavy atom. The van der Waals surface area contributed by atoms with Crippen molar-refractivity contribution in [2.24, 2.45) is 5.14 Å². The number of aromatic nitrogens is 2. The molecule has 0 aliphatic rings. The lowest BCUT2D eigenvalue weighted by Gasteiger charge is -2.07. The second-order valence-corrected chi connectivity index (χ2v) is 8.71. The number of rotatable bonds is 8. The van der Waals surface area contributed by atoms with Crippen LogP contribution in [-0.4, -0.2) is 36.2 Å². The van der Waals surface area contributed by atoms with E-state index in [0.29, 0.717) is 23.8 Å². The Hall–Kier alpha value is -2.36. The Labute approximate surface area is 168 Å². The monoisotopic (exact) mass is 418 g/mol. The van der Waals surface area contributed by atoms with Crippen molar-refractivity contribution in [3.63, 3.8) is 0 Å². The summed E-state index contributed by atoms with van der Waals surface area (Å²) >= 11 is 1.32. The molecule has 7 nitrogen and oxygen atoms in total. The first-order valence-electron chi connectivity index (χ1n) is 8.85. The molecule has 0 saturated heterocycles. The Balaban J connectivity index is 1.64. The van der Waals surface area contributed by atoms with Gasteiger partial charge in [-0.05, 0) is 37.1 Å². The van der Waals surface area contributed by atoms with Gasteiger partial charge in [0.2, 0.25) is 15.9 Å². The number of nitrogens with one attached hydrogen (secondary N) is 1. The quantitative estimate of drug-likeness (QED) is 0.545. The molecule has 0 atom stereocenters. The number of nitrogens with zero attached hydrogens (tertiary/aromatic N) is 2. The highest BCUT2D eigenvalue weighted by Crippen LogP contribution is 2.25. The summed E-state index contributed by atoms with van der Waals surface area (Å²) in [6.07, 6.45) is 0.779. The molecule has 0 bridgehead atoms. The number of hydrogen-bond acceptors (Lipinski definition) is 5. The first kappa shape index (κ1) is 20.4. The Kier molecular flexibility index (Phi) is 6.38. The van der Waals surface area contributed by atoms with Crippen LogP contribution in [0.15, 0.2) is 58.6 Å². The van der Waals surface area contributed by atoms with Gasteiger partial charge in [0.05, 0.1) is 21.7 Å². The minimum Gasteiger partial charge on any atom is -0.355 e. The van der Waals surface area contributed by atoms with Crippen molar-refractivity contribution in [1.29, 1.82) is 0 Å². The van der Waals surface area contributed by atoms with Crippen molar-refractivity contribution in [2.75, 3.05) is 12.3 Å². The molecule has 3 N–H and O–H groups in total. The van der Waals surface area contributed by atoms with Gasteiger partial charge in [-0.3, -0.25) is 4.79 Å². The number of hydrogen-bond donors (Lipinski definition) is 2. The molecule has 1 amide bonds. The van der Waals surface area contributed by atoms with Crippen LogP contribution in [0.5, 0.6) is 0 Å². The van der Waals surface area contributed by atoms with Crippen LogP contribution >= 0.6 is 11.8 Å². The number of thioether (sulfide) groups is 1. The normalized spacial score (nSPS) is 11.6. The predicted molar refractivity (Wildman–Crippen MR) is 111 cm³/mol. The zero-order valence-electron chi connectivity index (χ0n) is 15.5. The molecule has 0 unspecified atom stereocenters. The van der Waals surface area contributed by atoms with Crippen LogP contribution in [0.1, 0.15) is 12.5 Å². The molecular formula is C19H22N4O3S2. The summed E-state index contributed by atoms with van der Waals surface area (Å²) in [6.45, 7) is 3.20. The molecule has 0 spiro atoms. The summed E-state index contributed by atoms with van der Waals surface area (Å²) in [5.74, 6) is 0.168. The maximum Gasteiger partial charge on any atom is 0.238 e. The molecule has 148 valence electrons. The molecule has 0 radical (unpaired) electrons. The second-order valence-electron chi connectivity index (χ2n) is 6.21. The topological polar surface area (TPSA) is 107 Å². The highest BCUT2D eigenvalue weighted by molar-refractivity contribution is 7.99. The van der Waals surface area contributed by atoms with Gasteiger partial charge < -0.3 is 9.88 Å². The van der Waals surface area contributed by atoms with Crippen LogP contribution in [-0.2, 0) is 27.8 Å². The number of benzene rings is 2. The van der Waals surface area contributed by atoms with Crippen molar-refractivity contribution >= 4 is 38.7 Å². The van der Waals surface area contributed by atoms with Gasteiger partial charge in [-0.2, -0.15) is 0 Å². The smallest absolute Gasteiger partial charge is 0.238 e. The van der Waals surface area contributed by atoms with Crippen molar-refractivity contribution in [1.82, 2.24) is 14.9 Å². The molecule has 0 aliphatic heterocycles. The number of carbonyl (C=O) groups is 1. The first-order valence-corrected chi connectivity index (χ1v) is 11.4. The van der Waals surface area contributed by atoms with Crippen molar-refractivity contribution in [2.45, 2.75) is 29.9 Å². The fourth-order valence-electron chi connectivity index (χ4n) is 2.85. The molecule has 9 heteroatoms. The van der Waals surface area contributed by atoms with E-state index < -0.39 is 10.0 Å². The summed E-state index contributed by atoms with van der Waals surface area (Å²) in [6, 6.07) is 14.6. The lowest BCUT2D eigenvalue weighted by Crippen LogP contribution is -2.27. The largest absolute Gasteiger partial charge is 0.355 e. The molecule has 28 heavy (non-hydrogen) atoms. The van der Waals surface area contributed by atoms with Crippen LogP contribution in [0.4, 0.5) is 0 Å². The first-order chi connectivity index (χ1) is 13.4. The minimum atomic E-state index is -3.78. The van der Waals surface area contributed by atoms with Gasteiger partial charge in [0.25, 0.3) is 0 Å². The summed E-state index contributed by atoms with van der Waals surface area (Å²) in [5.41, 5.74) is 2.52. The predicted octanol–water partition coefficient (Wildman–Crippen LogP) is 2.15. The molecule has 3 rings (SSSR count). The summed E-state index contributed by atoms with van der Waals surface area (Å²) < 4.78 is 25.0. The number of imidazole rings is 1. The summed E-state index contributed by atoms with van der Waals surface area (Å²) in [5, 5.41) is 8.77. The van der Waals surface area contributed by atoms with Crippen LogP contribution in [0.3, 0.4) is 0 Å². The zero-order chi connectivity index (χ0) is 20.1. The number of primary sulfonamides is 1. The van der Waals surface area contributed by atoms with E-state index in [1.54, 1.807) is 6.07 Å². The van der Waals surface area contributed by atoms with Gasteiger partial charge in [0.15, 0.2) is 5.16 Å². The van der Waals surface area contributed by atoms with Gasteiger partial charge in [-0.1, -0.05) is 42.1 Å². The maximum absolute atomic E-state index is 12.1. The molecule has 1 aromatic heterocycles. The highest BCUT2D eigenvalue weighted by Gasteiger charge is 2.15. The fourth-order valence-corrected chi connectivity index (χ4v) is 4.29. The average molecular weight is 419 g/mol. The SMILES string of the molecule is CCn1c(SCC(=O)NCCc2ccccc2)nc2cc(S(N)(=O)=O)ccc21. The summed E-state index contributed by atoms with van der Waals surface area (Å²) in [4.78, 5) is 16.6. The molecule has 0 aliphatic carbocycles. The Morgan fingerprint density at radius 1 is 1.21 bits per heavy atom. The lowest BCUT2D eigenvalue weighted by atomic mass is 10.1. The number of fused-ring (bicyclic) bond motifs is 1. The standard InChI is InChI=1S/C19H22N4O3S2/c1-2-23-17-9-8-15(28(20,25)26)12-16(17)22-19(23)27-13-18(24)21-11-10-14-6-4-3-5-7-14/h3-9,12H,2,10-11,13H2,1H3,(H,21,24)(H2,20,25,26). The zero-order valence-corrected chi connectivity index (χ0v) is 17.1.